The molecule has 0 radical (unpaired) electrons. The van der Waals surface area contributed by atoms with Gasteiger partial charge in [-0.3, -0.25) is 4.98 Å². The van der Waals surface area contributed by atoms with E-state index in [-0.39, 0.29) is 18.1 Å². The molecule has 10 heteroatoms. The van der Waals surface area contributed by atoms with Crippen LogP contribution in [0.15, 0.2) is 42.9 Å². The summed E-state index contributed by atoms with van der Waals surface area (Å²) in [6.07, 6.45) is 5.50. The largest absolute Gasteiger partial charge is 0.368 e. The number of aryl methyl sites for hydroxylation is 1. The molecule has 5 heterocycles. The van der Waals surface area contributed by atoms with Crippen LogP contribution in [0.5, 0.6) is 0 Å². The minimum absolute atomic E-state index is 0.143. The molecule has 31 heavy (non-hydrogen) atoms. The summed E-state index contributed by atoms with van der Waals surface area (Å²) in [6, 6.07) is 6.82. The van der Waals surface area contributed by atoms with Gasteiger partial charge in [-0.15, -0.1) is 5.10 Å². The molecule has 0 unspecified atom stereocenters. The number of imidazole rings is 1. The Hall–Kier alpha value is -4.08. The zero-order chi connectivity index (χ0) is 21.7. The van der Waals surface area contributed by atoms with Crippen LogP contribution in [0.25, 0.3) is 22.4 Å². The van der Waals surface area contributed by atoms with Crippen molar-refractivity contribution in [2.75, 3.05) is 24.7 Å². The van der Waals surface area contributed by atoms with Crippen molar-refractivity contribution in [1.29, 1.82) is 0 Å². The molecular weight excluding hydrogens is 397 g/mol. The average molecular weight is 417 g/mol. The highest BCUT2D eigenvalue weighted by Gasteiger charge is 2.21. The monoisotopic (exact) mass is 417 g/mol. The first-order valence-electron chi connectivity index (χ1n) is 9.68. The number of halogens is 1. The lowest BCUT2D eigenvalue weighted by Crippen LogP contribution is -2.16. The van der Waals surface area contributed by atoms with Crippen LogP contribution in [0.3, 0.4) is 0 Å². The fraction of sp³-hybridized carbons (Fsp3) is 0.190. The molecule has 9 nitrogen and oxygen atoms in total. The molecule has 0 saturated heterocycles. The van der Waals surface area contributed by atoms with E-state index in [0.717, 1.165) is 22.5 Å². The minimum Gasteiger partial charge on any atom is -0.368 e. The van der Waals surface area contributed by atoms with Gasteiger partial charge in [0, 0.05) is 43.9 Å². The Morgan fingerprint density at radius 1 is 1.13 bits per heavy atom. The number of nitrogens with zero attached hydrogens (tertiary/aromatic N) is 8. The van der Waals surface area contributed by atoms with Gasteiger partial charge in [0.2, 0.25) is 5.95 Å². The van der Waals surface area contributed by atoms with E-state index in [9.17, 15) is 4.39 Å². The second kappa shape index (κ2) is 7.01. The van der Waals surface area contributed by atoms with Gasteiger partial charge in [0.15, 0.2) is 11.5 Å². The van der Waals surface area contributed by atoms with Crippen molar-refractivity contribution in [3.8, 4) is 11.1 Å². The van der Waals surface area contributed by atoms with E-state index in [1.54, 1.807) is 12.3 Å². The summed E-state index contributed by atoms with van der Waals surface area (Å²) in [5, 5.41) is 4.48. The predicted octanol–water partition coefficient (Wildman–Crippen LogP) is 2.52. The first-order chi connectivity index (χ1) is 14.9. The Labute approximate surface area is 177 Å². The van der Waals surface area contributed by atoms with Gasteiger partial charge >= 0.3 is 0 Å². The van der Waals surface area contributed by atoms with E-state index in [4.69, 9.17) is 10.7 Å². The Bertz CT molecular complexity index is 1430. The van der Waals surface area contributed by atoms with Crippen LogP contribution >= 0.6 is 0 Å². The molecule has 5 aromatic heterocycles. The zero-order valence-corrected chi connectivity index (χ0v) is 17.3. The Morgan fingerprint density at radius 3 is 2.74 bits per heavy atom. The van der Waals surface area contributed by atoms with Gasteiger partial charge in [-0.25, -0.2) is 14.4 Å². The van der Waals surface area contributed by atoms with Crippen molar-refractivity contribution in [3.05, 3.63) is 65.9 Å². The lowest BCUT2D eigenvalue weighted by molar-refractivity contribution is 0.601. The number of rotatable bonds is 4. The van der Waals surface area contributed by atoms with Gasteiger partial charge < -0.3 is 15.0 Å². The summed E-state index contributed by atoms with van der Waals surface area (Å²) >= 11 is 0. The lowest BCUT2D eigenvalue weighted by atomic mass is 10.1. The van der Waals surface area contributed by atoms with Gasteiger partial charge in [0.25, 0.3) is 0 Å². The molecule has 0 fully saturated rings. The quantitative estimate of drug-likeness (QED) is 0.479. The van der Waals surface area contributed by atoms with Crippen LogP contribution in [0.1, 0.15) is 17.2 Å². The highest BCUT2D eigenvalue weighted by atomic mass is 19.1. The summed E-state index contributed by atoms with van der Waals surface area (Å²) in [5.74, 6) is 0.860. The van der Waals surface area contributed by atoms with Crippen molar-refractivity contribution in [2.45, 2.75) is 13.3 Å². The molecule has 0 atom stereocenters. The van der Waals surface area contributed by atoms with E-state index >= 15 is 0 Å². The molecule has 0 spiro atoms. The molecule has 5 rings (SSSR count). The Balaban J connectivity index is 1.74. The number of fused-ring (bicyclic) bond motifs is 2. The third-order valence-electron chi connectivity index (χ3n) is 5.10. The second-order valence-electron chi connectivity index (χ2n) is 7.48. The Kier molecular flexibility index (Phi) is 4.28. The number of aromatic nitrogens is 7. The van der Waals surface area contributed by atoms with Crippen LogP contribution in [-0.2, 0) is 6.42 Å². The molecule has 5 aromatic rings. The van der Waals surface area contributed by atoms with Gasteiger partial charge in [-0.1, -0.05) is 0 Å². The first-order valence-corrected chi connectivity index (χ1v) is 9.68. The first kappa shape index (κ1) is 18.9. The maximum absolute atomic E-state index is 14.1. The second-order valence-corrected chi connectivity index (χ2v) is 7.48. The number of hydrogen-bond acceptors (Lipinski definition) is 7. The third kappa shape index (κ3) is 3.12. The van der Waals surface area contributed by atoms with Crippen LogP contribution in [-0.4, -0.2) is 48.0 Å². The maximum Gasteiger partial charge on any atom is 0.225 e. The van der Waals surface area contributed by atoms with Crippen LogP contribution in [0.2, 0.25) is 0 Å². The van der Waals surface area contributed by atoms with E-state index in [2.05, 4.69) is 20.1 Å². The molecule has 156 valence electrons. The van der Waals surface area contributed by atoms with Gasteiger partial charge in [0.05, 0.1) is 17.7 Å². The Morgan fingerprint density at radius 2 is 1.97 bits per heavy atom. The number of nitrogens with two attached hydrogens (primary N) is 1. The van der Waals surface area contributed by atoms with E-state index < -0.39 is 5.82 Å². The van der Waals surface area contributed by atoms with E-state index in [1.165, 1.54) is 10.6 Å². The topological polar surface area (TPSA) is 103 Å². The highest BCUT2D eigenvalue weighted by molar-refractivity contribution is 5.88. The maximum atomic E-state index is 14.1. The molecule has 0 aromatic carbocycles. The fourth-order valence-corrected chi connectivity index (χ4v) is 3.59. The summed E-state index contributed by atoms with van der Waals surface area (Å²) in [7, 11) is 3.78. The fourth-order valence-electron chi connectivity index (χ4n) is 3.59. The van der Waals surface area contributed by atoms with Crippen molar-refractivity contribution in [1.82, 2.24) is 34.0 Å². The average Bonchev–Trinajstić information content (AvgIpc) is 3.33. The van der Waals surface area contributed by atoms with Crippen molar-refractivity contribution < 1.29 is 4.39 Å². The smallest absolute Gasteiger partial charge is 0.225 e. The number of anilines is 2. The standard InChI is InChI=1S/C21H20FN9/c1-12-10-25-17-7-6-13(11-30(12)17)18-19(29(2)3)27-21(23)31-20(18)26-16(28-31)9-15-14(22)5-4-8-24-15/h4-8,10-11H,9H2,1-3H3,(H2,23,27). The van der Waals surface area contributed by atoms with E-state index in [1.807, 2.05) is 54.8 Å². The normalized spacial score (nSPS) is 11.5. The van der Waals surface area contributed by atoms with Crippen LogP contribution < -0.4 is 10.6 Å². The lowest BCUT2D eigenvalue weighted by Gasteiger charge is -2.17. The zero-order valence-electron chi connectivity index (χ0n) is 17.3. The van der Waals surface area contributed by atoms with Crippen LogP contribution in [0, 0.1) is 12.7 Å². The molecule has 0 amide bonds. The van der Waals surface area contributed by atoms with Gasteiger partial charge in [-0.05, 0) is 31.2 Å². The number of pyridine rings is 2. The number of nitrogen functional groups attached to an aromatic ring is 1. The van der Waals surface area contributed by atoms with Gasteiger partial charge in [0.1, 0.15) is 17.3 Å². The SMILES string of the molecule is Cc1cnc2ccc(-c3c(N(C)C)nc(N)n4nc(Cc5ncccc5F)nc34)cn12. The summed E-state index contributed by atoms with van der Waals surface area (Å²) < 4.78 is 17.6. The third-order valence-corrected chi connectivity index (χ3v) is 5.10. The molecule has 0 aliphatic heterocycles. The molecule has 0 aliphatic rings. The van der Waals surface area contributed by atoms with Crippen molar-refractivity contribution in [2.24, 2.45) is 0 Å². The van der Waals surface area contributed by atoms with Crippen LogP contribution in [0.4, 0.5) is 16.2 Å². The highest BCUT2D eigenvalue weighted by Crippen LogP contribution is 2.33. The summed E-state index contributed by atoms with van der Waals surface area (Å²) in [6.45, 7) is 1.99. The van der Waals surface area contributed by atoms with Crippen molar-refractivity contribution in [3.63, 3.8) is 0 Å². The number of hydrogen-bond donors (Lipinski definition) is 1. The molecule has 2 N–H and O–H groups in total. The molecule has 0 saturated carbocycles. The summed E-state index contributed by atoms with van der Waals surface area (Å²) in [5.41, 5.74) is 10.5. The predicted molar refractivity (Wildman–Crippen MR) is 115 cm³/mol. The van der Waals surface area contributed by atoms with Crippen molar-refractivity contribution >= 4 is 23.1 Å². The molecular formula is C21H20FN9. The van der Waals surface area contributed by atoms with Gasteiger partial charge in [-0.2, -0.15) is 9.50 Å². The molecule has 0 bridgehead atoms. The summed E-state index contributed by atoms with van der Waals surface area (Å²) in [4.78, 5) is 19.6. The van der Waals surface area contributed by atoms with E-state index in [0.29, 0.717) is 17.3 Å². The minimum atomic E-state index is -0.400. The molecule has 0 aliphatic carbocycles.